The Morgan fingerprint density at radius 3 is 2.38 bits per heavy atom. The van der Waals surface area contributed by atoms with Crippen molar-refractivity contribution in [1.82, 2.24) is 9.88 Å². The van der Waals surface area contributed by atoms with Crippen LogP contribution in [-0.2, 0) is 24.2 Å². The Morgan fingerprint density at radius 1 is 0.923 bits per heavy atom. The fourth-order valence-corrected chi connectivity index (χ4v) is 3.01. The highest BCUT2D eigenvalue weighted by atomic mass is 35.5. The molecule has 0 aliphatic carbocycles. The number of carbonyl (C=O) groups is 1. The summed E-state index contributed by atoms with van der Waals surface area (Å²) in [5.41, 5.74) is 2.95. The van der Waals surface area contributed by atoms with Crippen molar-refractivity contribution < 1.29 is 4.79 Å². The summed E-state index contributed by atoms with van der Waals surface area (Å²) in [6.45, 7) is 1.14. The number of benzene rings is 2. The first-order chi connectivity index (χ1) is 12.7. The van der Waals surface area contributed by atoms with Crippen LogP contribution in [0.1, 0.15) is 16.8 Å². The molecule has 2 aromatic carbocycles. The summed E-state index contributed by atoms with van der Waals surface area (Å²) in [7, 11) is 0. The van der Waals surface area contributed by atoms with Gasteiger partial charge < -0.3 is 4.90 Å². The Hall–Kier alpha value is -2.65. The fourth-order valence-electron chi connectivity index (χ4n) is 2.80. The number of nitrogens with zero attached hydrogens (tertiary/aromatic N) is 2. The number of aromatic nitrogens is 1. The summed E-state index contributed by atoms with van der Waals surface area (Å²) < 4.78 is 0. The number of pyridine rings is 1. The lowest BCUT2D eigenvalue weighted by Crippen LogP contribution is -2.34. The Balaban J connectivity index is 1.73. The average Bonchev–Trinajstić information content (AvgIpc) is 2.68. The van der Waals surface area contributed by atoms with Gasteiger partial charge in [-0.1, -0.05) is 66.2 Å². The van der Waals surface area contributed by atoms with Crippen LogP contribution in [0.4, 0.5) is 0 Å². The van der Waals surface area contributed by atoms with Crippen LogP contribution in [0.25, 0.3) is 0 Å². The van der Waals surface area contributed by atoms with Crippen molar-refractivity contribution >= 4 is 17.5 Å². The van der Waals surface area contributed by atoms with Gasteiger partial charge in [0.25, 0.3) is 0 Å². The Bertz CT molecular complexity index is 837. The molecule has 3 rings (SSSR count). The zero-order chi connectivity index (χ0) is 18.2. The van der Waals surface area contributed by atoms with Crippen LogP contribution in [-0.4, -0.2) is 22.3 Å². The SMILES string of the molecule is O=C(Cc1ccccc1Cl)N(CCc1ccccc1)Cc1ccccn1. The number of hydrogen-bond donors (Lipinski definition) is 0. The number of amides is 1. The second kappa shape index (κ2) is 9.16. The number of carbonyl (C=O) groups excluding carboxylic acids is 1. The third kappa shape index (κ3) is 5.17. The maximum absolute atomic E-state index is 12.9. The van der Waals surface area contributed by atoms with Gasteiger partial charge in [-0.05, 0) is 35.7 Å². The predicted octanol–water partition coefficient (Wildman–Crippen LogP) is 4.55. The minimum absolute atomic E-state index is 0.0553. The molecule has 1 amide bonds. The molecule has 0 aliphatic heterocycles. The van der Waals surface area contributed by atoms with Crippen molar-refractivity contribution in [3.63, 3.8) is 0 Å². The first-order valence-corrected chi connectivity index (χ1v) is 9.05. The standard InChI is InChI=1S/C22H21ClN2O/c23-21-12-5-4-10-19(21)16-22(26)25(17-20-11-6-7-14-24-20)15-13-18-8-2-1-3-9-18/h1-12,14H,13,15-17H2. The van der Waals surface area contributed by atoms with Gasteiger partial charge in [-0.3, -0.25) is 9.78 Å². The topological polar surface area (TPSA) is 33.2 Å². The first kappa shape index (κ1) is 18.2. The smallest absolute Gasteiger partial charge is 0.227 e. The Morgan fingerprint density at radius 2 is 1.65 bits per heavy atom. The van der Waals surface area contributed by atoms with Gasteiger partial charge in [0.2, 0.25) is 5.91 Å². The van der Waals surface area contributed by atoms with Crippen LogP contribution in [0.3, 0.4) is 0 Å². The Labute approximate surface area is 159 Å². The van der Waals surface area contributed by atoms with E-state index in [-0.39, 0.29) is 5.91 Å². The van der Waals surface area contributed by atoms with Gasteiger partial charge in [0, 0.05) is 17.8 Å². The summed E-state index contributed by atoms with van der Waals surface area (Å²) in [6, 6.07) is 23.4. The highest BCUT2D eigenvalue weighted by molar-refractivity contribution is 6.31. The molecule has 3 nitrogen and oxygen atoms in total. The van der Waals surface area contributed by atoms with E-state index in [0.29, 0.717) is 24.5 Å². The molecular formula is C22H21ClN2O. The van der Waals surface area contributed by atoms with Gasteiger partial charge in [-0.15, -0.1) is 0 Å². The number of halogens is 1. The second-order valence-electron chi connectivity index (χ2n) is 6.14. The van der Waals surface area contributed by atoms with E-state index in [1.807, 2.05) is 65.6 Å². The summed E-state index contributed by atoms with van der Waals surface area (Å²) >= 11 is 6.22. The Kier molecular flexibility index (Phi) is 6.39. The second-order valence-corrected chi connectivity index (χ2v) is 6.55. The fraction of sp³-hybridized carbons (Fsp3) is 0.182. The average molecular weight is 365 g/mol. The lowest BCUT2D eigenvalue weighted by molar-refractivity contribution is -0.131. The highest BCUT2D eigenvalue weighted by Gasteiger charge is 2.16. The molecule has 26 heavy (non-hydrogen) atoms. The molecule has 0 spiro atoms. The maximum atomic E-state index is 12.9. The lowest BCUT2D eigenvalue weighted by atomic mass is 10.1. The van der Waals surface area contributed by atoms with E-state index < -0.39 is 0 Å². The van der Waals surface area contributed by atoms with Crippen molar-refractivity contribution in [3.05, 3.63) is 101 Å². The van der Waals surface area contributed by atoms with E-state index >= 15 is 0 Å². The van der Waals surface area contributed by atoms with Crippen LogP contribution >= 0.6 is 11.6 Å². The quantitative estimate of drug-likeness (QED) is 0.616. The zero-order valence-corrected chi connectivity index (χ0v) is 15.3. The minimum Gasteiger partial charge on any atom is -0.336 e. The van der Waals surface area contributed by atoms with Crippen molar-refractivity contribution in [1.29, 1.82) is 0 Å². The summed E-state index contributed by atoms with van der Waals surface area (Å²) in [4.78, 5) is 19.2. The van der Waals surface area contributed by atoms with Crippen LogP contribution in [0.5, 0.6) is 0 Å². The van der Waals surface area contributed by atoms with Crippen LogP contribution < -0.4 is 0 Å². The molecule has 132 valence electrons. The van der Waals surface area contributed by atoms with Crippen LogP contribution in [0.2, 0.25) is 5.02 Å². The van der Waals surface area contributed by atoms with Gasteiger partial charge >= 0.3 is 0 Å². The van der Waals surface area contributed by atoms with E-state index in [1.54, 1.807) is 6.20 Å². The van der Waals surface area contributed by atoms with Gasteiger partial charge in [0.15, 0.2) is 0 Å². The third-order valence-corrected chi connectivity index (χ3v) is 4.61. The monoisotopic (exact) mass is 364 g/mol. The van der Waals surface area contributed by atoms with E-state index in [1.165, 1.54) is 5.56 Å². The maximum Gasteiger partial charge on any atom is 0.227 e. The third-order valence-electron chi connectivity index (χ3n) is 4.24. The summed E-state index contributed by atoms with van der Waals surface area (Å²) in [6.07, 6.45) is 2.85. The molecule has 1 aromatic heterocycles. The van der Waals surface area contributed by atoms with E-state index in [0.717, 1.165) is 17.7 Å². The molecule has 0 radical (unpaired) electrons. The summed E-state index contributed by atoms with van der Waals surface area (Å²) in [5, 5.41) is 0.627. The first-order valence-electron chi connectivity index (χ1n) is 8.67. The van der Waals surface area contributed by atoms with E-state index in [2.05, 4.69) is 17.1 Å². The molecule has 0 saturated carbocycles. The zero-order valence-electron chi connectivity index (χ0n) is 14.5. The normalized spacial score (nSPS) is 10.5. The molecule has 0 N–H and O–H groups in total. The molecule has 0 fully saturated rings. The van der Waals surface area contributed by atoms with Crippen molar-refractivity contribution in [2.24, 2.45) is 0 Å². The molecular weight excluding hydrogens is 344 g/mol. The van der Waals surface area contributed by atoms with E-state index in [9.17, 15) is 4.79 Å². The minimum atomic E-state index is 0.0553. The van der Waals surface area contributed by atoms with Crippen LogP contribution in [0.15, 0.2) is 79.0 Å². The molecule has 0 unspecified atom stereocenters. The highest BCUT2D eigenvalue weighted by Crippen LogP contribution is 2.17. The number of hydrogen-bond acceptors (Lipinski definition) is 2. The largest absolute Gasteiger partial charge is 0.336 e. The lowest BCUT2D eigenvalue weighted by Gasteiger charge is -2.23. The summed E-state index contributed by atoms with van der Waals surface area (Å²) in [5.74, 6) is 0.0553. The van der Waals surface area contributed by atoms with Gasteiger partial charge in [-0.2, -0.15) is 0 Å². The van der Waals surface area contributed by atoms with Crippen molar-refractivity contribution in [3.8, 4) is 0 Å². The predicted molar refractivity (Wildman–Crippen MR) is 105 cm³/mol. The molecule has 3 aromatic rings. The van der Waals surface area contributed by atoms with Gasteiger partial charge in [-0.25, -0.2) is 0 Å². The van der Waals surface area contributed by atoms with E-state index in [4.69, 9.17) is 11.6 Å². The molecule has 0 bridgehead atoms. The molecule has 0 atom stereocenters. The number of rotatable bonds is 7. The molecule has 0 saturated heterocycles. The van der Waals surface area contributed by atoms with Gasteiger partial charge in [0.1, 0.15) is 0 Å². The molecule has 0 aliphatic rings. The van der Waals surface area contributed by atoms with Crippen LogP contribution in [0, 0.1) is 0 Å². The van der Waals surface area contributed by atoms with Gasteiger partial charge in [0.05, 0.1) is 18.7 Å². The van der Waals surface area contributed by atoms with Crippen molar-refractivity contribution in [2.75, 3.05) is 6.54 Å². The van der Waals surface area contributed by atoms with Crippen molar-refractivity contribution in [2.45, 2.75) is 19.4 Å². The molecule has 1 heterocycles. The molecule has 4 heteroatoms.